The molecule has 0 amide bonds. The molecule has 3 rings (SSSR count). The molecule has 0 bridgehead atoms. The first kappa shape index (κ1) is 24.4. The summed E-state index contributed by atoms with van der Waals surface area (Å²) in [5.74, 6) is -0.595. The molecular weight excluding hydrogens is 414 g/mol. The fourth-order valence-corrected chi connectivity index (χ4v) is 3.27. The number of nitrogens with zero attached hydrogens (tertiary/aromatic N) is 1. The van der Waals surface area contributed by atoms with Crippen molar-refractivity contribution >= 4 is 11.7 Å². The number of carbonyl (C=O) groups is 1. The Labute approximate surface area is 195 Å². The van der Waals surface area contributed by atoms with Crippen molar-refractivity contribution in [2.45, 2.75) is 45.1 Å². The van der Waals surface area contributed by atoms with Gasteiger partial charge in [0, 0.05) is 11.1 Å². The zero-order valence-corrected chi connectivity index (χ0v) is 19.3. The molecule has 172 valence electrons. The van der Waals surface area contributed by atoms with E-state index in [1.807, 2.05) is 91.0 Å². The van der Waals surface area contributed by atoms with Crippen molar-refractivity contribution in [3.63, 3.8) is 0 Å². The molecule has 0 aliphatic rings. The molecule has 0 fully saturated rings. The van der Waals surface area contributed by atoms with Crippen LogP contribution in [-0.2, 0) is 20.9 Å². The smallest absolute Gasteiger partial charge is 0.334 e. The molecule has 1 N–H and O–H groups in total. The zero-order chi connectivity index (χ0) is 23.7. The third-order valence-electron chi connectivity index (χ3n) is 4.78. The average molecular weight is 446 g/mol. The molecule has 3 aromatic carbocycles. The average Bonchev–Trinajstić information content (AvgIpc) is 2.80. The Morgan fingerprint density at radius 1 is 0.848 bits per heavy atom. The summed E-state index contributed by atoms with van der Waals surface area (Å²) in [6, 6.07) is 27.7. The van der Waals surface area contributed by atoms with Crippen LogP contribution in [0.1, 0.15) is 37.5 Å². The molecule has 0 saturated heterocycles. The van der Waals surface area contributed by atoms with Crippen molar-refractivity contribution in [3.8, 4) is 0 Å². The third kappa shape index (κ3) is 7.67. The molecule has 2 atom stereocenters. The van der Waals surface area contributed by atoms with Crippen molar-refractivity contribution in [3.05, 3.63) is 108 Å². The van der Waals surface area contributed by atoms with E-state index in [-0.39, 0.29) is 6.61 Å². The lowest BCUT2D eigenvalue weighted by molar-refractivity contribution is -0.160. The van der Waals surface area contributed by atoms with E-state index in [1.165, 1.54) is 0 Å². The van der Waals surface area contributed by atoms with Gasteiger partial charge >= 0.3 is 5.97 Å². The highest BCUT2D eigenvalue weighted by Gasteiger charge is 2.32. The third-order valence-corrected chi connectivity index (χ3v) is 4.78. The number of hydrogen-bond acceptors (Lipinski definition) is 5. The van der Waals surface area contributed by atoms with E-state index in [1.54, 1.807) is 20.8 Å². The van der Waals surface area contributed by atoms with Gasteiger partial charge in [-0.2, -0.15) is 0 Å². The molecule has 0 radical (unpaired) electrons. The first-order valence-corrected chi connectivity index (χ1v) is 11.0. The topological polar surface area (TPSA) is 68.1 Å². The second-order valence-electron chi connectivity index (χ2n) is 8.76. The van der Waals surface area contributed by atoms with Crippen molar-refractivity contribution in [2.75, 3.05) is 6.61 Å². The lowest BCUT2D eigenvalue weighted by atomic mass is 10.0. The summed E-state index contributed by atoms with van der Waals surface area (Å²) in [5.41, 5.74) is 2.56. The summed E-state index contributed by atoms with van der Waals surface area (Å²) in [6.07, 6.45) is -1.18. The van der Waals surface area contributed by atoms with Crippen LogP contribution in [0, 0.1) is 0 Å². The molecule has 5 nitrogen and oxygen atoms in total. The van der Waals surface area contributed by atoms with Crippen molar-refractivity contribution in [1.82, 2.24) is 0 Å². The van der Waals surface area contributed by atoms with Crippen LogP contribution in [0.25, 0.3) is 0 Å². The van der Waals surface area contributed by atoms with Gasteiger partial charge in [-0.05, 0) is 26.3 Å². The van der Waals surface area contributed by atoms with Gasteiger partial charge in [-0.15, -0.1) is 0 Å². The first-order valence-electron chi connectivity index (χ1n) is 11.0. The Bertz CT molecular complexity index is 986. The van der Waals surface area contributed by atoms with Crippen molar-refractivity contribution < 1.29 is 19.4 Å². The Hall–Kier alpha value is -3.28. The van der Waals surface area contributed by atoms with Gasteiger partial charge < -0.3 is 14.6 Å². The van der Waals surface area contributed by atoms with E-state index < -0.39 is 23.7 Å². The van der Waals surface area contributed by atoms with Gasteiger partial charge in [0.25, 0.3) is 0 Å². The summed E-state index contributed by atoms with van der Waals surface area (Å²) in [7, 11) is 0. The van der Waals surface area contributed by atoms with E-state index in [0.29, 0.717) is 12.3 Å². The molecule has 0 aromatic heterocycles. The van der Waals surface area contributed by atoms with Crippen LogP contribution in [0.5, 0.6) is 0 Å². The van der Waals surface area contributed by atoms with Gasteiger partial charge in [-0.25, -0.2) is 4.79 Å². The number of carbonyl (C=O) groups excluding carboxylic acids is 1. The zero-order valence-electron chi connectivity index (χ0n) is 19.3. The summed E-state index contributed by atoms with van der Waals surface area (Å²) < 4.78 is 11.3. The molecule has 0 unspecified atom stereocenters. The highest BCUT2D eigenvalue weighted by molar-refractivity contribution is 6.13. The summed E-state index contributed by atoms with van der Waals surface area (Å²) in [6.45, 7) is 5.64. The number of hydrogen-bond donors (Lipinski definition) is 1. The fraction of sp³-hybridized carbons (Fsp3) is 0.286. The molecule has 0 spiro atoms. The van der Waals surface area contributed by atoms with E-state index >= 15 is 0 Å². The Kier molecular flexibility index (Phi) is 8.52. The standard InChI is InChI=1S/C28H31NO4/c1-28(2,3)33-27(31)26(24(30)20-32-19-21-13-7-4-8-14-21)29-25(22-15-9-5-10-16-22)23-17-11-6-12-18-23/h4-18,24,26,30H,19-20H2,1-3H3/t24-,26-/m1/s1. The number of benzene rings is 3. The van der Waals surface area contributed by atoms with Crippen LogP contribution < -0.4 is 0 Å². The Morgan fingerprint density at radius 2 is 1.33 bits per heavy atom. The maximum absolute atomic E-state index is 13.1. The fourth-order valence-electron chi connectivity index (χ4n) is 3.27. The number of ether oxygens (including phenoxy) is 2. The number of aliphatic hydroxyl groups excluding tert-OH is 1. The summed E-state index contributed by atoms with van der Waals surface area (Å²) in [4.78, 5) is 17.8. The molecular formula is C28H31NO4. The molecule has 0 heterocycles. The van der Waals surface area contributed by atoms with E-state index in [4.69, 9.17) is 14.5 Å². The molecule has 0 aliphatic carbocycles. The van der Waals surface area contributed by atoms with Gasteiger partial charge in [0.15, 0.2) is 6.04 Å². The van der Waals surface area contributed by atoms with Gasteiger partial charge in [0.1, 0.15) is 11.7 Å². The molecule has 3 aromatic rings. The molecule has 33 heavy (non-hydrogen) atoms. The summed E-state index contributed by atoms with van der Waals surface area (Å²) in [5, 5.41) is 11.0. The quantitative estimate of drug-likeness (QED) is 0.379. The van der Waals surface area contributed by atoms with Gasteiger partial charge in [0.2, 0.25) is 0 Å². The molecule has 0 saturated carbocycles. The number of aliphatic imine (C=N–C) groups is 1. The Balaban J connectivity index is 1.90. The number of rotatable bonds is 9. The van der Waals surface area contributed by atoms with Crippen LogP contribution in [0.15, 0.2) is 96.0 Å². The van der Waals surface area contributed by atoms with Crippen LogP contribution >= 0.6 is 0 Å². The minimum absolute atomic E-state index is 0.0564. The second kappa shape index (κ2) is 11.5. The van der Waals surface area contributed by atoms with Crippen LogP contribution in [0.3, 0.4) is 0 Å². The van der Waals surface area contributed by atoms with Gasteiger partial charge in [-0.3, -0.25) is 4.99 Å². The van der Waals surface area contributed by atoms with E-state index in [9.17, 15) is 9.90 Å². The van der Waals surface area contributed by atoms with E-state index in [2.05, 4.69) is 0 Å². The van der Waals surface area contributed by atoms with Gasteiger partial charge in [0.05, 0.1) is 18.9 Å². The Morgan fingerprint density at radius 3 is 1.82 bits per heavy atom. The van der Waals surface area contributed by atoms with Gasteiger partial charge in [-0.1, -0.05) is 91.0 Å². The monoisotopic (exact) mass is 445 g/mol. The van der Waals surface area contributed by atoms with Crippen LogP contribution in [-0.4, -0.2) is 41.1 Å². The highest BCUT2D eigenvalue weighted by atomic mass is 16.6. The van der Waals surface area contributed by atoms with Crippen LogP contribution in [0.2, 0.25) is 0 Å². The number of aliphatic hydroxyl groups is 1. The predicted octanol–water partition coefficient (Wildman–Crippen LogP) is 4.81. The normalized spacial score (nSPS) is 13.1. The SMILES string of the molecule is CC(C)(C)OC(=O)[C@H](N=C(c1ccccc1)c1ccccc1)[C@H](O)COCc1ccccc1. The van der Waals surface area contributed by atoms with Crippen molar-refractivity contribution in [1.29, 1.82) is 0 Å². The summed E-state index contributed by atoms with van der Waals surface area (Å²) >= 11 is 0. The maximum Gasteiger partial charge on any atom is 0.334 e. The van der Waals surface area contributed by atoms with Crippen LogP contribution in [0.4, 0.5) is 0 Å². The largest absolute Gasteiger partial charge is 0.458 e. The molecule has 5 heteroatoms. The highest BCUT2D eigenvalue weighted by Crippen LogP contribution is 2.17. The lowest BCUT2D eigenvalue weighted by Crippen LogP contribution is -2.41. The van der Waals surface area contributed by atoms with Crippen molar-refractivity contribution in [2.24, 2.45) is 4.99 Å². The van der Waals surface area contributed by atoms with E-state index in [0.717, 1.165) is 16.7 Å². The first-order chi connectivity index (χ1) is 15.8. The maximum atomic E-state index is 13.1. The predicted molar refractivity (Wildman–Crippen MR) is 130 cm³/mol. The minimum atomic E-state index is -1.18. The number of esters is 1. The second-order valence-corrected chi connectivity index (χ2v) is 8.76. The lowest BCUT2D eigenvalue weighted by Gasteiger charge is -2.25. The molecule has 0 aliphatic heterocycles. The minimum Gasteiger partial charge on any atom is -0.458 e.